The molecule has 30 heavy (non-hydrogen) atoms. The van der Waals surface area contributed by atoms with Crippen molar-refractivity contribution in [3.63, 3.8) is 0 Å². The monoisotopic (exact) mass is 428 g/mol. The number of benzene rings is 2. The zero-order valence-corrected chi connectivity index (χ0v) is 17.0. The number of hydrogen-bond acceptors (Lipinski definition) is 5. The van der Waals surface area contributed by atoms with E-state index in [9.17, 15) is 17.6 Å². The van der Waals surface area contributed by atoms with Crippen LogP contribution in [0.25, 0.3) is 11.3 Å². The Morgan fingerprint density at radius 2 is 1.87 bits per heavy atom. The van der Waals surface area contributed by atoms with Gasteiger partial charge in [-0.3, -0.25) is 4.79 Å². The molecule has 6 nitrogen and oxygen atoms in total. The van der Waals surface area contributed by atoms with E-state index in [-0.39, 0.29) is 36.2 Å². The number of nitrogens with zero attached hydrogens (tertiary/aromatic N) is 2. The van der Waals surface area contributed by atoms with Crippen molar-refractivity contribution in [1.29, 1.82) is 0 Å². The van der Waals surface area contributed by atoms with Gasteiger partial charge in [0.1, 0.15) is 17.3 Å². The van der Waals surface area contributed by atoms with Crippen molar-refractivity contribution >= 4 is 15.7 Å². The second-order valence-corrected chi connectivity index (χ2v) is 9.65. The summed E-state index contributed by atoms with van der Waals surface area (Å²) in [6.45, 7) is 0.207. The molecular weight excluding hydrogens is 407 g/mol. The highest BCUT2D eigenvalue weighted by molar-refractivity contribution is 7.91. The summed E-state index contributed by atoms with van der Waals surface area (Å²) in [5.41, 5.74) is 2.24. The van der Waals surface area contributed by atoms with E-state index < -0.39 is 15.9 Å². The van der Waals surface area contributed by atoms with Crippen molar-refractivity contribution in [3.8, 4) is 11.3 Å². The highest BCUT2D eigenvalue weighted by Gasteiger charge is 2.35. The number of aromatic nitrogens is 1. The van der Waals surface area contributed by atoms with Gasteiger partial charge in [-0.05, 0) is 24.1 Å². The smallest absolute Gasteiger partial charge is 0.230 e. The lowest BCUT2D eigenvalue weighted by atomic mass is 10.1. The molecule has 0 radical (unpaired) electrons. The lowest BCUT2D eigenvalue weighted by molar-refractivity contribution is -0.133. The summed E-state index contributed by atoms with van der Waals surface area (Å²) in [6.07, 6.45) is 0.360. The van der Waals surface area contributed by atoms with Crippen LogP contribution in [0.15, 0.2) is 65.2 Å². The highest BCUT2D eigenvalue weighted by Crippen LogP contribution is 2.23. The minimum absolute atomic E-state index is 0.0302. The topological polar surface area (TPSA) is 80.5 Å². The molecule has 0 N–H and O–H groups in total. The van der Waals surface area contributed by atoms with Gasteiger partial charge in [0, 0.05) is 24.2 Å². The van der Waals surface area contributed by atoms with Crippen LogP contribution in [0.3, 0.4) is 0 Å². The van der Waals surface area contributed by atoms with E-state index in [0.717, 1.165) is 11.1 Å². The third-order valence-electron chi connectivity index (χ3n) is 5.19. The first kappa shape index (κ1) is 20.3. The number of rotatable bonds is 6. The normalized spacial score (nSPS) is 17.7. The summed E-state index contributed by atoms with van der Waals surface area (Å²) >= 11 is 0. The summed E-state index contributed by atoms with van der Waals surface area (Å²) in [7, 11) is -3.17. The van der Waals surface area contributed by atoms with Crippen LogP contribution in [0.4, 0.5) is 4.39 Å². The number of sulfone groups is 1. The second-order valence-electron chi connectivity index (χ2n) is 7.43. The lowest BCUT2D eigenvalue weighted by Gasteiger charge is -2.28. The third kappa shape index (κ3) is 4.76. The Morgan fingerprint density at radius 1 is 1.13 bits per heavy atom. The molecule has 1 saturated heterocycles. The van der Waals surface area contributed by atoms with Gasteiger partial charge in [-0.1, -0.05) is 47.6 Å². The van der Waals surface area contributed by atoms with Crippen molar-refractivity contribution in [2.45, 2.75) is 25.4 Å². The minimum atomic E-state index is -3.17. The number of halogens is 1. The first-order chi connectivity index (χ1) is 14.4. The maximum Gasteiger partial charge on any atom is 0.230 e. The molecule has 156 valence electrons. The van der Waals surface area contributed by atoms with Crippen LogP contribution in [0.2, 0.25) is 0 Å². The Hall–Kier alpha value is -3.00. The van der Waals surface area contributed by atoms with E-state index in [1.807, 2.05) is 30.3 Å². The summed E-state index contributed by atoms with van der Waals surface area (Å²) < 4.78 is 42.5. The maximum atomic E-state index is 13.2. The van der Waals surface area contributed by atoms with Gasteiger partial charge in [-0.15, -0.1) is 0 Å². The Bertz CT molecular complexity index is 1130. The van der Waals surface area contributed by atoms with Crippen LogP contribution in [0.5, 0.6) is 0 Å². The van der Waals surface area contributed by atoms with E-state index >= 15 is 0 Å². The molecule has 1 atom stereocenters. The summed E-state index contributed by atoms with van der Waals surface area (Å²) in [5, 5.41) is 4.03. The molecule has 0 bridgehead atoms. The number of carbonyl (C=O) groups is 1. The molecule has 8 heteroatoms. The fourth-order valence-corrected chi connectivity index (χ4v) is 5.35. The number of carbonyl (C=O) groups excluding carboxylic acids is 1. The quantitative estimate of drug-likeness (QED) is 0.602. The van der Waals surface area contributed by atoms with E-state index in [1.165, 1.54) is 12.1 Å². The summed E-state index contributed by atoms with van der Waals surface area (Å²) in [4.78, 5) is 14.7. The molecule has 0 spiro atoms. The third-order valence-corrected chi connectivity index (χ3v) is 6.94. The van der Waals surface area contributed by atoms with Gasteiger partial charge < -0.3 is 9.42 Å². The molecule has 2 aromatic carbocycles. The highest BCUT2D eigenvalue weighted by atomic mass is 32.2. The van der Waals surface area contributed by atoms with E-state index in [2.05, 4.69) is 5.16 Å². The van der Waals surface area contributed by atoms with Crippen LogP contribution < -0.4 is 0 Å². The molecule has 1 aliphatic heterocycles. The first-order valence-corrected chi connectivity index (χ1v) is 11.5. The van der Waals surface area contributed by atoms with Crippen molar-refractivity contribution in [2.24, 2.45) is 0 Å². The zero-order valence-electron chi connectivity index (χ0n) is 16.2. The Morgan fingerprint density at radius 3 is 2.53 bits per heavy atom. The fourth-order valence-electron chi connectivity index (χ4n) is 3.62. The summed E-state index contributed by atoms with van der Waals surface area (Å²) in [5.74, 6) is -0.215. The fraction of sp³-hybridized carbons (Fsp3) is 0.273. The maximum absolute atomic E-state index is 13.2. The Kier molecular flexibility index (Phi) is 5.67. The largest absolute Gasteiger partial charge is 0.360 e. The lowest BCUT2D eigenvalue weighted by Crippen LogP contribution is -2.41. The average Bonchev–Trinajstić information content (AvgIpc) is 3.34. The van der Waals surface area contributed by atoms with Gasteiger partial charge in [0.2, 0.25) is 5.91 Å². The van der Waals surface area contributed by atoms with Gasteiger partial charge in [-0.25, -0.2) is 12.8 Å². The number of hydrogen-bond donors (Lipinski definition) is 0. The van der Waals surface area contributed by atoms with Crippen LogP contribution in [0, 0.1) is 5.82 Å². The molecule has 4 rings (SSSR count). The SMILES string of the molecule is O=C(Cc1cc(-c2ccccc2)no1)N(Cc1ccc(F)cc1)C1CCS(=O)(=O)C1. The van der Waals surface area contributed by atoms with Crippen LogP contribution in [0.1, 0.15) is 17.7 Å². The molecular formula is C22H21FN2O4S. The Balaban J connectivity index is 1.53. The molecule has 3 aromatic rings. The molecule has 1 aromatic heterocycles. The molecule has 1 aliphatic rings. The Labute approximate surface area is 174 Å². The molecule has 0 aliphatic carbocycles. The molecule has 1 fully saturated rings. The van der Waals surface area contributed by atoms with Crippen molar-refractivity contribution in [2.75, 3.05) is 11.5 Å². The first-order valence-electron chi connectivity index (χ1n) is 9.65. The average molecular weight is 428 g/mol. The van der Waals surface area contributed by atoms with Crippen LogP contribution in [-0.2, 0) is 27.6 Å². The van der Waals surface area contributed by atoms with Gasteiger partial charge in [0.05, 0.1) is 17.9 Å². The van der Waals surface area contributed by atoms with Crippen molar-refractivity contribution in [3.05, 3.63) is 77.8 Å². The molecule has 1 unspecified atom stereocenters. The van der Waals surface area contributed by atoms with E-state index in [0.29, 0.717) is 17.9 Å². The number of amides is 1. The zero-order chi connectivity index (χ0) is 21.1. The standard InChI is InChI=1S/C22H21FN2O4S/c23-18-8-6-16(7-9-18)14-25(19-10-11-30(27,28)15-19)22(26)13-20-12-21(24-29-20)17-4-2-1-3-5-17/h1-9,12,19H,10-11,13-15H2. The summed E-state index contributed by atoms with van der Waals surface area (Å²) in [6, 6.07) is 16.6. The van der Waals surface area contributed by atoms with Gasteiger partial charge >= 0.3 is 0 Å². The van der Waals surface area contributed by atoms with E-state index in [4.69, 9.17) is 4.52 Å². The molecule has 2 heterocycles. The van der Waals surface area contributed by atoms with Crippen LogP contribution in [-0.4, -0.2) is 41.9 Å². The van der Waals surface area contributed by atoms with Gasteiger partial charge in [-0.2, -0.15) is 0 Å². The predicted molar refractivity (Wildman–Crippen MR) is 110 cm³/mol. The van der Waals surface area contributed by atoms with Gasteiger partial charge in [0.25, 0.3) is 0 Å². The second kappa shape index (κ2) is 8.39. The van der Waals surface area contributed by atoms with Crippen molar-refractivity contribution in [1.82, 2.24) is 10.1 Å². The van der Waals surface area contributed by atoms with E-state index in [1.54, 1.807) is 23.1 Å². The molecule has 1 amide bonds. The minimum Gasteiger partial charge on any atom is -0.360 e. The van der Waals surface area contributed by atoms with Gasteiger partial charge in [0.15, 0.2) is 9.84 Å². The predicted octanol–water partition coefficient (Wildman–Crippen LogP) is 3.24. The van der Waals surface area contributed by atoms with Crippen LogP contribution >= 0.6 is 0 Å². The van der Waals surface area contributed by atoms with Crippen molar-refractivity contribution < 1.29 is 22.1 Å². The molecule has 0 saturated carbocycles.